The fourth-order valence-corrected chi connectivity index (χ4v) is 3.88. The molecule has 1 fully saturated rings. The zero-order valence-corrected chi connectivity index (χ0v) is 14.2. The molecule has 1 saturated heterocycles. The zero-order chi connectivity index (χ0) is 16.5. The van der Waals surface area contributed by atoms with Crippen LogP contribution >= 0.6 is 12.2 Å². The second-order valence-corrected chi connectivity index (χ2v) is 6.71. The van der Waals surface area contributed by atoms with E-state index < -0.39 is 0 Å². The molecular formula is C18H20N4OS. The monoisotopic (exact) mass is 340 g/mol. The summed E-state index contributed by atoms with van der Waals surface area (Å²) in [7, 11) is 0. The molecule has 1 aliphatic rings. The van der Waals surface area contributed by atoms with Gasteiger partial charge in [-0.25, -0.2) is 0 Å². The molecule has 1 atom stereocenters. The van der Waals surface area contributed by atoms with Crippen molar-refractivity contribution in [1.82, 2.24) is 19.9 Å². The van der Waals surface area contributed by atoms with Gasteiger partial charge < -0.3 is 14.9 Å². The molecule has 1 aliphatic heterocycles. The molecular weight excluding hydrogens is 320 g/mol. The molecule has 3 heterocycles. The van der Waals surface area contributed by atoms with Gasteiger partial charge in [-0.1, -0.05) is 24.3 Å². The molecule has 6 heteroatoms. The molecule has 2 aromatic heterocycles. The van der Waals surface area contributed by atoms with E-state index in [-0.39, 0.29) is 5.56 Å². The Morgan fingerprint density at radius 3 is 2.96 bits per heavy atom. The number of nitrogens with zero attached hydrogens (tertiary/aromatic N) is 1. The minimum atomic E-state index is -0.166. The van der Waals surface area contributed by atoms with Crippen molar-refractivity contribution < 1.29 is 0 Å². The van der Waals surface area contributed by atoms with E-state index in [1.54, 1.807) is 6.20 Å². The molecule has 0 bridgehead atoms. The number of hydrogen-bond donors (Lipinski definition) is 3. The number of H-pyrrole nitrogens is 2. The molecule has 1 unspecified atom stereocenters. The lowest BCUT2D eigenvalue weighted by Gasteiger charge is -2.25. The van der Waals surface area contributed by atoms with Gasteiger partial charge in [0.1, 0.15) is 5.52 Å². The lowest BCUT2D eigenvalue weighted by molar-refractivity contribution is 0.459. The van der Waals surface area contributed by atoms with Crippen LogP contribution in [0.3, 0.4) is 0 Å². The molecule has 0 radical (unpaired) electrons. The third-order valence-electron chi connectivity index (χ3n) is 4.83. The quantitative estimate of drug-likeness (QED) is 0.642. The van der Waals surface area contributed by atoms with Crippen molar-refractivity contribution >= 4 is 23.3 Å². The Balaban J connectivity index is 1.78. The van der Waals surface area contributed by atoms with Gasteiger partial charge in [0.05, 0.1) is 12.1 Å². The molecule has 3 N–H and O–H groups in total. The van der Waals surface area contributed by atoms with E-state index in [4.69, 9.17) is 12.2 Å². The first-order valence-corrected chi connectivity index (χ1v) is 8.73. The van der Waals surface area contributed by atoms with Gasteiger partial charge in [0.25, 0.3) is 5.56 Å². The first-order valence-electron chi connectivity index (χ1n) is 8.33. The first kappa shape index (κ1) is 15.4. The topological polar surface area (TPSA) is 65.6 Å². The first-order chi connectivity index (χ1) is 11.7. The van der Waals surface area contributed by atoms with E-state index in [1.807, 2.05) is 10.6 Å². The average Bonchev–Trinajstić information content (AvgIpc) is 3.10. The lowest BCUT2D eigenvalue weighted by atomic mass is 9.88. The largest absolute Gasteiger partial charge is 0.355 e. The van der Waals surface area contributed by atoms with Crippen LogP contribution in [0.4, 0.5) is 0 Å². The maximum Gasteiger partial charge on any atom is 0.276 e. The van der Waals surface area contributed by atoms with Gasteiger partial charge in [-0.2, -0.15) is 0 Å². The maximum atomic E-state index is 12.0. The van der Waals surface area contributed by atoms with Crippen molar-refractivity contribution in [2.45, 2.75) is 25.3 Å². The molecule has 4 rings (SSSR count). The molecule has 1 aromatic carbocycles. The number of fused-ring (bicyclic) bond motifs is 1. The Morgan fingerprint density at radius 2 is 2.12 bits per heavy atom. The van der Waals surface area contributed by atoms with Crippen LogP contribution in [0.1, 0.15) is 29.9 Å². The van der Waals surface area contributed by atoms with Crippen LogP contribution in [-0.4, -0.2) is 27.6 Å². The van der Waals surface area contributed by atoms with Gasteiger partial charge >= 0.3 is 0 Å². The van der Waals surface area contributed by atoms with E-state index >= 15 is 0 Å². The zero-order valence-electron chi connectivity index (χ0n) is 13.3. The molecule has 3 aromatic rings. The van der Waals surface area contributed by atoms with Crippen molar-refractivity contribution in [3.63, 3.8) is 0 Å². The molecule has 0 amide bonds. The number of benzene rings is 1. The smallest absolute Gasteiger partial charge is 0.276 e. The molecule has 124 valence electrons. The van der Waals surface area contributed by atoms with Crippen LogP contribution in [0, 0.1) is 4.77 Å². The number of aromatic amines is 2. The average molecular weight is 340 g/mol. The van der Waals surface area contributed by atoms with Gasteiger partial charge in [-0.15, -0.1) is 0 Å². The third kappa shape index (κ3) is 2.72. The predicted molar refractivity (Wildman–Crippen MR) is 98.1 cm³/mol. The van der Waals surface area contributed by atoms with E-state index in [9.17, 15) is 4.79 Å². The van der Waals surface area contributed by atoms with Crippen molar-refractivity contribution in [3.05, 3.63) is 62.8 Å². The molecule has 5 nitrogen and oxygen atoms in total. The summed E-state index contributed by atoms with van der Waals surface area (Å²) in [5, 5.41) is 3.49. The summed E-state index contributed by atoms with van der Waals surface area (Å²) in [6.07, 6.45) is 4.20. The fraction of sp³-hybridized carbons (Fsp3) is 0.333. The minimum absolute atomic E-state index is 0.166. The number of aromatic nitrogens is 3. The van der Waals surface area contributed by atoms with Crippen molar-refractivity contribution in [2.24, 2.45) is 0 Å². The number of nitrogens with one attached hydrogen (secondary N) is 3. The van der Waals surface area contributed by atoms with Gasteiger partial charge in [-0.05, 0) is 54.7 Å². The summed E-state index contributed by atoms with van der Waals surface area (Å²) in [5.74, 6) is 0.536. The number of piperidine rings is 1. The Hall–Kier alpha value is -2.18. The van der Waals surface area contributed by atoms with E-state index in [1.165, 1.54) is 24.0 Å². The Kier molecular flexibility index (Phi) is 4.08. The minimum Gasteiger partial charge on any atom is -0.355 e. The van der Waals surface area contributed by atoms with Crippen molar-refractivity contribution in [3.8, 4) is 0 Å². The molecule has 24 heavy (non-hydrogen) atoms. The lowest BCUT2D eigenvalue weighted by Crippen LogP contribution is -2.29. The normalized spacial score (nSPS) is 18.1. The summed E-state index contributed by atoms with van der Waals surface area (Å²) in [4.78, 5) is 17.8. The highest BCUT2D eigenvalue weighted by molar-refractivity contribution is 7.71. The number of hydrogen-bond acceptors (Lipinski definition) is 3. The van der Waals surface area contributed by atoms with Crippen LogP contribution < -0.4 is 10.9 Å². The van der Waals surface area contributed by atoms with Gasteiger partial charge in [0, 0.05) is 12.7 Å². The van der Waals surface area contributed by atoms with Crippen molar-refractivity contribution in [1.29, 1.82) is 0 Å². The summed E-state index contributed by atoms with van der Waals surface area (Å²) in [6, 6.07) is 10.5. The molecule has 0 spiro atoms. The second kappa shape index (κ2) is 6.37. The summed E-state index contributed by atoms with van der Waals surface area (Å²) >= 11 is 5.41. The summed E-state index contributed by atoms with van der Waals surface area (Å²) in [5.41, 5.74) is 3.89. The van der Waals surface area contributed by atoms with E-state index in [2.05, 4.69) is 39.6 Å². The molecule has 0 saturated carbocycles. The maximum absolute atomic E-state index is 12.0. The highest BCUT2D eigenvalue weighted by Gasteiger charge is 2.18. The summed E-state index contributed by atoms with van der Waals surface area (Å²) in [6.45, 7) is 2.79. The van der Waals surface area contributed by atoms with Crippen molar-refractivity contribution in [2.75, 3.05) is 13.1 Å². The van der Waals surface area contributed by atoms with Crippen LogP contribution in [-0.2, 0) is 6.54 Å². The Morgan fingerprint density at radius 1 is 1.25 bits per heavy atom. The number of rotatable bonds is 3. The Bertz CT molecular complexity index is 978. The van der Waals surface area contributed by atoms with Gasteiger partial charge in [0.2, 0.25) is 0 Å². The highest BCUT2D eigenvalue weighted by atomic mass is 32.1. The second-order valence-electron chi connectivity index (χ2n) is 6.33. The van der Waals surface area contributed by atoms with E-state index in [0.29, 0.717) is 22.8 Å². The SMILES string of the molecule is O=c1[nH]c(=S)n(Cc2ccccc2C2CCCNC2)c2cc[nH]c12. The van der Waals surface area contributed by atoms with E-state index in [0.717, 1.165) is 18.6 Å². The standard InChI is InChI=1S/C18H20N4OS/c23-17-16-15(7-9-20-16)22(18(24)21-17)11-13-4-1-2-6-14(13)12-5-3-8-19-10-12/h1-2,4,6-7,9,12,19-20H,3,5,8,10-11H2,(H,21,23,24). The third-order valence-corrected chi connectivity index (χ3v) is 5.15. The van der Waals surface area contributed by atoms with Gasteiger partial charge in [0.15, 0.2) is 4.77 Å². The fourth-order valence-electron chi connectivity index (χ4n) is 3.63. The molecule has 0 aliphatic carbocycles. The highest BCUT2D eigenvalue weighted by Crippen LogP contribution is 2.27. The van der Waals surface area contributed by atoms with Crippen LogP contribution in [0.15, 0.2) is 41.3 Å². The van der Waals surface area contributed by atoms with Crippen LogP contribution in [0.2, 0.25) is 0 Å². The predicted octanol–water partition coefficient (Wildman–Crippen LogP) is 2.90. The Labute approximate surface area is 144 Å². The summed E-state index contributed by atoms with van der Waals surface area (Å²) < 4.78 is 2.46. The van der Waals surface area contributed by atoms with Crippen LogP contribution in [0.5, 0.6) is 0 Å². The van der Waals surface area contributed by atoms with Gasteiger partial charge in [-0.3, -0.25) is 9.78 Å². The van der Waals surface area contributed by atoms with Crippen LogP contribution in [0.25, 0.3) is 11.0 Å².